The second-order valence-corrected chi connectivity index (χ2v) is 7.17. The third-order valence-corrected chi connectivity index (χ3v) is 5.86. The monoisotopic (exact) mass is 383 g/mol. The summed E-state index contributed by atoms with van der Waals surface area (Å²) in [5.41, 5.74) is 2.74. The van der Waals surface area contributed by atoms with Gasteiger partial charge in [-0.3, -0.25) is 4.79 Å². The number of benzene rings is 2. The molecule has 2 aromatic carbocycles. The van der Waals surface area contributed by atoms with E-state index < -0.39 is 0 Å². The Morgan fingerprint density at radius 2 is 1.89 bits per heavy atom. The van der Waals surface area contributed by atoms with E-state index in [1.165, 1.54) is 17.4 Å². The number of carbonyl (C=O) groups excluding carboxylic acids is 1. The van der Waals surface area contributed by atoms with Gasteiger partial charge in [-0.2, -0.15) is 0 Å². The molecule has 6 heteroatoms. The zero-order chi connectivity index (χ0) is 19.0. The van der Waals surface area contributed by atoms with Gasteiger partial charge in [0.1, 0.15) is 5.82 Å². The van der Waals surface area contributed by atoms with E-state index in [-0.39, 0.29) is 17.6 Å². The number of ether oxygens (including phenoxy) is 2. The van der Waals surface area contributed by atoms with Crippen LogP contribution >= 0.6 is 11.3 Å². The molecule has 1 aliphatic heterocycles. The number of thiophene rings is 1. The molecule has 27 heavy (non-hydrogen) atoms. The molecular formula is C21H18FNO3S. The van der Waals surface area contributed by atoms with Crippen LogP contribution in [0, 0.1) is 5.82 Å². The largest absolute Gasteiger partial charge is 0.493 e. The van der Waals surface area contributed by atoms with Crippen LogP contribution in [0.5, 0.6) is 11.5 Å². The molecule has 0 saturated carbocycles. The molecule has 4 nitrogen and oxygen atoms in total. The fourth-order valence-corrected chi connectivity index (χ4v) is 4.69. The molecule has 1 aliphatic rings. The van der Waals surface area contributed by atoms with Crippen LogP contribution in [0.3, 0.4) is 0 Å². The van der Waals surface area contributed by atoms with Crippen molar-refractivity contribution in [1.82, 2.24) is 0 Å². The number of anilines is 1. The zero-order valence-electron chi connectivity index (χ0n) is 14.9. The van der Waals surface area contributed by atoms with Crippen LogP contribution in [0.15, 0.2) is 47.8 Å². The molecule has 3 aromatic rings. The summed E-state index contributed by atoms with van der Waals surface area (Å²) in [7, 11) is 3.17. The van der Waals surface area contributed by atoms with Gasteiger partial charge >= 0.3 is 0 Å². The molecule has 1 aromatic heterocycles. The highest BCUT2D eigenvalue weighted by molar-refractivity contribution is 7.11. The number of methoxy groups -OCH3 is 2. The van der Waals surface area contributed by atoms with E-state index in [2.05, 4.69) is 5.32 Å². The summed E-state index contributed by atoms with van der Waals surface area (Å²) in [4.78, 5) is 13.4. The third-order valence-electron chi connectivity index (χ3n) is 4.76. The lowest BCUT2D eigenvalue weighted by atomic mass is 9.88. The Kier molecular flexibility index (Phi) is 4.58. The van der Waals surface area contributed by atoms with Gasteiger partial charge in [-0.1, -0.05) is 30.3 Å². The van der Waals surface area contributed by atoms with Crippen LogP contribution in [0.4, 0.5) is 10.1 Å². The number of para-hydroxylation sites is 1. The van der Waals surface area contributed by atoms with Crippen LogP contribution in [0.25, 0.3) is 11.1 Å². The van der Waals surface area contributed by atoms with Crippen molar-refractivity contribution in [3.63, 3.8) is 0 Å². The summed E-state index contributed by atoms with van der Waals surface area (Å²) in [5, 5.41) is 4.83. The van der Waals surface area contributed by atoms with Crippen LogP contribution in [0.1, 0.15) is 22.8 Å². The molecule has 0 saturated heterocycles. The lowest BCUT2D eigenvalue weighted by Crippen LogP contribution is -2.22. The minimum Gasteiger partial charge on any atom is -0.493 e. The van der Waals surface area contributed by atoms with Crippen molar-refractivity contribution in [1.29, 1.82) is 0 Å². The van der Waals surface area contributed by atoms with Crippen molar-refractivity contribution in [3.8, 4) is 22.6 Å². The van der Waals surface area contributed by atoms with Crippen LogP contribution < -0.4 is 14.8 Å². The molecule has 0 radical (unpaired) electrons. The summed E-state index contributed by atoms with van der Waals surface area (Å²) < 4.78 is 25.3. The van der Waals surface area contributed by atoms with Gasteiger partial charge in [-0.25, -0.2) is 4.39 Å². The predicted octanol–water partition coefficient (Wildman–Crippen LogP) is 5.05. The molecule has 1 amide bonds. The van der Waals surface area contributed by atoms with Gasteiger partial charge in [0, 0.05) is 39.3 Å². The number of amides is 1. The average molecular weight is 383 g/mol. The Balaban J connectivity index is 1.87. The molecule has 0 unspecified atom stereocenters. The lowest BCUT2D eigenvalue weighted by molar-refractivity contribution is -0.116. The molecule has 0 bridgehead atoms. The van der Waals surface area contributed by atoms with E-state index in [1.54, 1.807) is 32.4 Å². The average Bonchev–Trinajstić information content (AvgIpc) is 3.10. The maximum atomic E-state index is 14.3. The normalized spacial score (nSPS) is 15.8. The first-order chi connectivity index (χ1) is 13.1. The van der Waals surface area contributed by atoms with Gasteiger partial charge in [0.25, 0.3) is 0 Å². The van der Waals surface area contributed by atoms with E-state index >= 15 is 0 Å². The van der Waals surface area contributed by atoms with Crippen molar-refractivity contribution in [2.75, 3.05) is 19.5 Å². The number of rotatable bonds is 4. The minimum atomic E-state index is -0.312. The first kappa shape index (κ1) is 17.5. The summed E-state index contributed by atoms with van der Waals surface area (Å²) in [6, 6.07) is 12.2. The molecule has 0 spiro atoms. The van der Waals surface area contributed by atoms with Gasteiger partial charge in [-0.15, -0.1) is 11.3 Å². The highest BCUT2D eigenvalue weighted by atomic mass is 32.1. The lowest BCUT2D eigenvalue weighted by Gasteiger charge is -2.26. The molecule has 138 valence electrons. The summed E-state index contributed by atoms with van der Waals surface area (Å²) in [6.07, 6.45) is 0.299. The standard InChI is InChI=1S/C21H18FNO3S/c1-25-17-9-5-7-13(20(17)26-2)14-10-18(24)23-19-15(11-27-21(14)19)12-6-3-4-8-16(12)22/h3-9,11,14H,10H2,1-2H3,(H,23,24)/t14-/m1/s1. The Labute approximate surface area is 160 Å². The SMILES string of the molecule is COc1cccc([C@H]2CC(=O)Nc3c(-c4ccccc4F)csc32)c1OC. The van der Waals surface area contributed by atoms with Crippen molar-refractivity contribution in [2.24, 2.45) is 0 Å². The fourth-order valence-electron chi connectivity index (χ4n) is 3.54. The molecule has 1 atom stereocenters. The van der Waals surface area contributed by atoms with Gasteiger partial charge in [-0.05, 0) is 12.1 Å². The maximum absolute atomic E-state index is 14.3. The van der Waals surface area contributed by atoms with E-state index in [0.29, 0.717) is 34.7 Å². The van der Waals surface area contributed by atoms with Crippen molar-refractivity contribution in [3.05, 3.63) is 64.1 Å². The Morgan fingerprint density at radius 1 is 1.07 bits per heavy atom. The number of halogens is 1. The topological polar surface area (TPSA) is 47.6 Å². The molecule has 0 aliphatic carbocycles. The van der Waals surface area contributed by atoms with E-state index in [9.17, 15) is 9.18 Å². The number of hydrogen-bond donors (Lipinski definition) is 1. The van der Waals surface area contributed by atoms with Crippen molar-refractivity contribution >= 4 is 22.9 Å². The second-order valence-electron chi connectivity index (χ2n) is 6.26. The van der Waals surface area contributed by atoms with Gasteiger partial charge in [0.2, 0.25) is 5.91 Å². The molecule has 1 N–H and O–H groups in total. The Morgan fingerprint density at radius 3 is 2.63 bits per heavy atom. The number of nitrogens with one attached hydrogen (secondary N) is 1. The van der Waals surface area contributed by atoms with Gasteiger partial charge in [0.05, 0.1) is 19.9 Å². The predicted molar refractivity (Wildman–Crippen MR) is 104 cm³/mol. The van der Waals surface area contributed by atoms with E-state index in [0.717, 1.165) is 10.4 Å². The first-order valence-electron chi connectivity index (χ1n) is 8.51. The van der Waals surface area contributed by atoms with Gasteiger partial charge in [0.15, 0.2) is 11.5 Å². The highest BCUT2D eigenvalue weighted by Crippen LogP contribution is 2.49. The summed E-state index contributed by atoms with van der Waals surface area (Å²) >= 11 is 1.52. The first-order valence-corrected chi connectivity index (χ1v) is 9.39. The smallest absolute Gasteiger partial charge is 0.225 e. The zero-order valence-corrected chi connectivity index (χ0v) is 15.7. The van der Waals surface area contributed by atoms with Crippen LogP contribution in [-0.2, 0) is 4.79 Å². The van der Waals surface area contributed by atoms with Gasteiger partial charge < -0.3 is 14.8 Å². The fraction of sp³-hybridized carbons (Fsp3) is 0.190. The second kappa shape index (κ2) is 7.04. The minimum absolute atomic E-state index is 0.103. The highest BCUT2D eigenvalue weighted by Gasteiger charge is 2.33. The van der Waals surface area contributed by atoms with E-state index in [4.69, 9.17) is 9.47 Å². The molecule has 0 fully saturated rings. The van der Waals surface area contributed by atoms with Crippen molar-refractivity contribution < 1.29 is 18.7 Å². The Hall–Kier alpha value is -2.86. The summed E-state index contributed by atoms with van der Waals surface area (Å²) in [5.74, 6) is 0.644. The van der Waals surface area contributed by atoms with Crippen LogP contribution in [-0.4, -0.2) is 20.1 Å². The molecule has 2 heterocycles. The van der Waals surface area contributed by atoms with Crippen molar-refractivity contribution in [2.45, 2.75) is 12.3 Å². The molecular weight excluding hydrogens is 365 g/mol. The number of fused-ring (bicyclic) bond motifs is 1. The summed E-state index contributed by atoms with van der Waals surface area (Å²) in [6.45, 7) is 0. The Bertz CT molecular complexity index is 1010. The quantitative estimate of drug-likeness (QED) is 0.686. The number of carbonyl (C=O) groups is 1. The number of hydrogen-bond acceptors (Lipinski definition) is 4. The third kappa shape index (κ3) is 2.96. The molecule has 4 rings (SSSR count). The van der Waals surface area contributed by atoms with E-state index in [1.807, 2.05) is 23.6 Å². The van der Waals surface area contributed by atoms with Crippen LogP contribution in [0.2, 0.25) is 0 Å². The maximum Gasteiger partial charge on any atom is 0.225 e.